The molecule has 1 rings (SSSR count). The molecule has 11 heavy (non-hydrogen) atoms. The summed E-state index contributed by atoms with van der Waals surface area (Å²) in [7, 11) is 0. The van der Waals surface area contributed by atoms with Crippen LogP contribution in [0.15, 0.2) is 0 Å². The van der Waals surface area contributed by atoms with E-state index in [0.717, 1.165) is 6.42 Å². The summed E-state index contributed by atoms with van der Waals surface area (Å²) in [5.41, 5.74) is 5.55. The summed E-state index contributed by atoms with van der Waals surface area (Å²) in [6, 6.07) is 0.345. The first-order valence-electron chi connectivity index (χ1n) is 4.21. The van der Waals surface area contributed by atoms with Crippen LogP contribution in [0.2, 0.25) is 0 Å². The average Bonchev–Trinajstić information content (AvgIpc) is 2.34. The number of nitrogens with one attached hydrogen (secondary N) is 1. The number of hydrogen-bond donors (Lipinski definition) is 2. The highest BCUT2D eigenvalue weighted by molar-refractivity contribution is 5.73. The largest absolute Gasteiger partial charge is 0.353 e. The van der Waals surface area contributed by atoms with E-state index >= 15 is 0 Å². The highest BCUT2D eigenvalue weighted by Crippen LogP contribution is 2.24. The predicted molar refractivity (Wildman–Crippen MR) is 44.0 cm³/mol. The van der Waals surface area contributed by atoms with Gasteiger partial charge in [-0.2, -0.15) is 0 Å². The molecule has 1 fully saturated rings. The van der Waals surface area contributed by atoms with Gasteiger partial charge in [0.1, 0.15) is 0 Å². The first-order chi connectivity index (χ1) is 5.24. The third kappa shape index (κ3) is 2.19. The van der Waals surface area contributed by atoms with Crippen molar-refractivity contribution in [3.05, 3.63) is 0 Å². The highest BCUT2D eigenvalue weighted by Gasteiger charge is 2.26. The van der Waals surface area contributed by atoms with Gasteiger partial charge in [0.15, 0.2) is 0 Å². The van der Waals surface area contributed by atoms with Crippen LogP contribution in [0.3, 0.4) is 0 Å². The van der Waals surface area contributed by atoms with Crippen LogP contribution in [0.5, 0.6) is 0 Å². The van der Waals surface area contributed by atoms with Crippen molar-refractivity contribution in [2.45, 2.75) is 32.2 Å². The summed E-state index contributed by atoms with van der Waals surface area (Å²) in [6.45, 7) is 2.26. The van der Waals surface area contributed by atoms with Gasteiger partial charge in [-0.05, 0) is 25.3 Å². The summed E-state index contributed by atoms with van der Waals surface area (Å²) >= 11 is 0. The standard InChI is InChI=1S/C8H16N2O/c1-6(11)10-8-4-2-3-7(8)5-9/h7-8H,2-5,9H2,1H3,(H,10,11). The van der Waals surface area contributed by atoms with E-state index in [-0.39, 0.29) is 5.91 Å². The van der Waals surface area contributed by atoms with Crippen LogP contribution in [-0.2, 0) is 4.79 Å². The van der Waals surface area contributed by atoms with Crippen molar-refractivity contribution in [2.75, 3.05) is 6.54 Å². The topological polar surface area (TPSA) is 55.1 Å². The Labute approximate surface area is 67.3 Å². The van der Waals surface area contributed by atoms with Gasteiger partial charge in [0, 0.05) is 13.0 Å². The third-order valence-corrected chi connectivity index (χ3v) is 2.35. The second kappa shape index (κ2) is 3.72. The summed E-state index contributed by atoms with van der Waals surface area (Å²) in [5, 5.41) is 2.92. The van der Waals surface area contributed by atoms with Crippen molar-refractivity contribution in [3.8, 4) is 0 Å². The monoisotopic (exact) mass is 156 g/mol. The maximum absolute atomic E-state index is 10.7. The first-order valence-corrected chi connectivity index (χ1v) is 4.21. The van der Waals surface area contributed by atoms with Crippen LogP contribution in [0, 0.1) is 5.92 Å². The summed E-state index contributed by atoms with van der Waals surface area (Å²) in [4.78, 5) is 10.7. The molecule has 2 atom stereocenters. The molecule has 2 unspecified atom stereocenters. The number of hydrogen-bond acceptors (Lipinski definition) is 2. The van der Waals surface area contributed by atoms with Gasteiger partial charge in [0.25, 0.3) is 0 Å². The molecule has 0 aromatic carbocycles. The molecule has 0 spiro atoms. The van der Waals surface area contributed by atoms with Gasteiger partial charge < -0.3 is 11.1 Å². The molecule has 3 nitrogen and oxygen atoms in total. The molecule has 0 radical (unpaired) electrons. The Morgan fingerprint density at radius 2 is 2.36 bits per heavy atom. The van der Waals surface area contributed by atoms with E-state index in [2.05, 4.69) is 5.32 Å². The fraction of sp³-hybridized carbons (Fsp3) is 0.875. The lowest BCUT2D eigenvalue weighted by molar-refractivity contribution is -0.119. The predicted octanol–water partition coefficient (Wildman–Crippen LogP) is 0.250. The van der Waals surface area contributed by atoms with E-state index in [1.807, 2.05) is 0 Å². The normalized spacial score (nSPS) is 30.4. The molecule has 0 aliphatic heterocycles. The fourth-order valence-corrected chi connectivity index (χ4v) is 1.77. The SMILES string of the molecule is CC(=O)NC1CCCC1CN. The zero-order chi connectivity index (χ0) is 8.27. The Bertz CT molecular complexity index is 147. The van der Waals surface area contributed by atoms with E-state index in [4.69, 9.17) is 5.73 Å². The van der Waals surface area contributed by atoms with Crippen molar-refractivity contribution in [2.24, 2.45) is 11.7 Å². The van der Waals surface area contributed by atoms with Crippen molar-refractivity contribution in [3.63, 3.8) is 0 Å². The molecular formula is C8H16N2O. The van der Waals surface area contributed by atoms with Crippen molar-refractivity contribution in [1.82, 2.24) is 5.32 Å². The van der Waals surface area contributed by atoms with Crippen molar-refractivity contribution in [1.29, 1.82) is 0 Å². The summed E-state index contributed by atoms with van der Waals surface area (Å²) < 4.78 is 0. The van der Waals surface area contributed by atoms with E-state index in [1.165, 1.54) is 12.8 Å². The minimum atomic E-state index is 0.0651. The third-order valence-electron chi connectivity index (χ3n) is 2.35. The maximum Gasteiger partial charge on any atom is 0.217 e. The summed E-state index contributed by atoms with van der Waals surface area (Å²) in [6.07, 6.45) is 3.47. The quantitative estimate of drug-likeness (QED) is 0.602. The molecule has 64 valence electrons. The number of nitrogens with two attached hydrogens (primary N) is 1. The Morgan fingerprint density at radius 3 is 2.91 bits per heavy atom. The van der Waals surface area contributed by atoms with Gasteiger partial charge in [-0.15, -0.1) is 0 Å². The van der Waals surface area contributed by atoms with Gasteiger partial charge in [0.2, 0.25) is 5.91 Å². The number of rotatable bonds is 2. The molecule has 0 heterocycles. The highest BCUT2D eigenvalue weighted by atomic mass is 16.1. The minimum Gasteiger partial charge on any atom is -0.353 e. The second-order valence-corrected chi connectivity index (χ2v) is 3.23. The van der Waals surface area contributed by atoms with Gasteiger partial charge >= 0.3 is 0 Å². The average molecular weight is 156 g/mol. The first kappa shape index (κ1) is 8.53. The molecule has 0 aromatic rings. The van der Waals surface area contributed by atoms with Gasteiger partial charge in [-0.3, -0.25) is 4.79 Å². The summed E-state index contributed by atoms with van der Waals surface area (Å²) in [5.74, 6) is 0.578. The van der Waals surface area contributed by atoms with E-state index in [9.17, 15) is 4.79 Å². The van der Waals surface area contributed by atoms with Gasteiger partial charge in [-0.25, -0.2) is 0 Å². The van der Waals surface area contributed by atoms with Crippen LogP contribution in [0.25, 0.3) is 0 Å². The van der Waals surface area contributed by atoms with Gasteiger partial charge in [-0.1, -0.05) is 6.42 Å². The number of amides is 1. The van der Waals surface area contributed by atoms with Crippen LogP contribution in [0.4, 0.5) is 0 Å². The van der Waals surface area contributed by atoms with Crippen LogP contribution in [-0.4, -0.2) is 18.5 Å². The van der Waals surface area contributed by atoms with E-state index in [0.29, 0.717) is 18.5 Å². The molecule has 0 aromatic heterocycles. The molecular weight excluding hydrogens is 140 g/mol. The Hall–Kier alpha value is -0.570. The van der Waals surface area contributed by atoms with Gasteiger partial charge in [0.05, 0.1) is 0 Å². The minimum absolute atomic E-state index is 0.0651. The Balaban J connectivity index is 2.37. The lowest BCUT2D eigenvalue weighted by Crippen LogP contribution is -2.38. The fourth-order valence-electron chi connectivity index (χ4n) is 1.77. The lowest BCUT2D eigenvalue weighted by Gasteiger charge is -2.17. The van der Waals surface area contributed by atoms with Crippen LogP contribution >= 0.6 is 0 Å². The smallest absolute Gasteiger partial charge is 0.217 e. The molecule has 0 bridgehead atoms. The number of carbonyl (C=O) groups is 1. The zero-order valence-electron chi connectivity index (χ0n) is 6.97. The molecule has 3 N–H and O–H groups in total. The lowest BCUT2D eigenvalue weighted by atomic mass is 10.0. The molecule has 3 heteroatoms. The van der Waals surface area contributed by atoms with E-state index < -0.39 is 0 Å². The van der Waals surface area contributed by atoms with Crippen molar-refractivity contribution < 1.29 is 4.79 Å². The second-order valence-electron chi connectivity index (χ2n) is 3.23. The van der Waals surface area contributed by atoms with E-state index in [1.54, 1.807) is 6.92 Å². The molecule has 1 amide bonds. The molecule has 1 saturated carbocycles. The Morgan fingerprint density at radius 1 is 1.64 bits per heavy atom. The number of carbonyl (C=O) groups excluding carboxylic acids is 1. The molecule has 1 aliphatic rings. The molecule has 0 saturated heterocycles. The Kier molecular flexibility index (Phi) is 2.88. The van der Waals surface area contributed by atoms with Crippen molar-refractivity contribution >= 4 is 5.91 Å². The maximum atomic E-state index is 10.7. The van der Waals surface area contributed by atoms with Crippen LogP contribution < -0.4 is 11.1 Å². The van der Waals surface area contributed by atoms with Crippen LogP contribution in [0.1, 0.15) is 26.2 Å². The molecule has 1 aliphatic carbocycles. The zero-order valence-corrected chi connectivity index (χ0v) is 6.97.